The molecule has 0 unspecified atom stereocenters. The molecule has 1 N–H and O–H groups in total. The molecular formula is C26H32O7. The highest BCUT2D eigenvalue weighted by atomic mass is 16.7. The summed E-state index contributed by atoms with van der Waals surface area (Å²) >= 11 is 0. The van der Waals surface area contributed by atoms with Crippen molar-refractivity contribution in [1.29, 1.82) is 0 Å². The zero-order valence-electron chi connectivity index (χ0n) is 19.7. The summed E-state index contributed by atoms with van der Waals surface area (Å²) in [4.78, 5) is 23.5. The predicted molar refractivity (Wildman–Crippen MR) is 122 cm³/mol. The lowest BCUT2D eigenvalue weighted by Gasteiger charge is -2.29. The summed E-state index contributed by atoms with van der Waals surface area (Å²) in [6.45, 7) is 5.68. The Morgan fingerprint density at radius 3 is 2.76 bits per heavy atom. The van der Waals surface area contributed by atoms with Crippen LogP contribution in [0.2, 0.25) is 0 Å². The average Bonchev–Trinajstić information content (AvgIpc) is 3.45. The van der Waals surface area contributed by atoms with Crippen LogP contribution in [0.25, 0.3) is 0 Å². The van der Waals surface area contributed by atoms with Crippen LogP contribution >= 0.6 is 0 Å². The number of aliphatic hydroxyl groups excluding tert-OH is 1. The average molecular weight is 457 g/mol. The van der Waals surface area contributed by atoms with Crippen molar-refractivity contribution in [3.8, 4) is 0 Å². The van der Waals surface area contributed by atoms with E-state index >= 15 is 0 Å². The Balaban J connectivity index is 1.47. The second kappa shape index (κ2) is 10.7. The van der Waals surface area contributed by atoms with Gasteiger partial charge in [0.15, 0.2) is 11.5 Å². The van der Waals surface area contributed by atoms with Crippen LogP contribution in [0.15, 0.2) is 69.5 Å². The third-order valence-corrected chi connectivity index (χ3v) is 6.06. The first-order valence-corrected chi connectivity index (χ1v) is 11.2. The third-order valence-electron chi connectivity index (χ3n) is 6.06. The van der Waals surface area contributed by atoms with E-state index in [0.29, 0.717) is 12.8 Å². The molecule has 0 radical (unpaired) electrons. The van der Waals surface area contributed by atoms with Gasteiger partial charge in [0.25, 0.3) is 0 Å². The first-order chi connectivity index (χ1) is 15.7. The van der Waals surface area contributed by atoms with E-state index in [-0.39, 0.29) is 29.0 Å². The molecule has 178 valence electrons. The van der Waals surface area contributed by atoms with Crippen LogP contribution in [0, 0.1) is 5.92 Å². The molecule has 0 fully saturated rings. The lowest BCUT2D eigenvalue weighted by Crippen LogP contribution is -2.37. The molecule has 0 aromatic carbocycles. The van der Waals surface area contributed by atoms with Gasteiger partial charge in [-0.05, 0) is 69.6 Å². The minimum absolute atomic E-state index is 0.0634. The summed E-state index contributed by atoms with van der Waals surface area (Å²) in [5.74, 6) is -1.58. The monoisotopic (exact) mass is 456 g/mol. The van der Waals surface area contributed by atoms with E-state index < -0.39 is 11.8 Å². The number of carbonyl (C=O) groups excluding carboxylic acids is 2. The first-order valence-electron chi connectivity index (χ1n) is 11.2. The molecular weight excluding hydrogens is 424 g/mol. The highest BCUT2D eigenvalue weighted by molar-refractivity contribution is 5.93. The molecule has 0 saturated carbocycles. The van der Waals surface area contributed by atoms with Crippen LogP contribution in [0.3, 0.4) is 0 Å². The van der Waals surface area contributed by atoms with E-state index in [1.807, 2.05) is 13.0 Å². The number of allylic oxidation sites excluding steroid dienone is 3. The van der Waals surface area contributed by atoms with E-state index in [9.17, 15) is 14.7 Å². The first kappa shape index (κ1) is 24.6. The van der Waals surface area contributed by atoms with Gasteiger partial charge in [0.2, 0.25) is 5.79 Å². The summed E-state index contributed by atoms with van der Waals surface area (Å²) in [5.41, 5.74) is 3.25. The molecule has 7 heteroatoms. The van der Waals surface area contributed by atoms with Crippen LogP contribution < -0.4 is 0 Å². The number of hydrogen-bond acceptors (Lipinski definition) is 7. The lowest BCUT2D eigenvalue weighted by molar-refractivity contribution is -0.192. The van der Waals surface area contributed by atoms with Crippen molar-refractivity contribution in [2.24, 2.45) is 5.92 Å². The van der Waals surface area contributed by atoms with Gasteiger partial charge in [0.05, 0.1) is 18.1 Å². The summed E-state index contributed by atoms with van der Waals surface area (Å²) in [5, 5.41) is 9.93. The van der Waals surface area contributed by atoms with Crippen molar-refractivity contribution in [1.82, 2.24) is 0 Å². The number of carbonyl (C=O) groups is 2. The van der Waals surface area contributed by atoms with Gasteiger partial charge in [-0.3, -0.25) is 0 Å². The smallest absolute Gasteiger partial charge is 0.343 e. The standard InChI is InChI=1S/C26H32O7/c1-17(7-5-9-18(2)13-22-24(28)19(3)25(29)32-22)8-6-10-21-14-23(27)33-26(21,30-4)15-20-11-12-31-16-20/h8,11-14,16,18,28H,5-7,9-10,15H2,1-4H3/b17-8+,22-13-/t18-,26-/m0/s1. The summed E-state index contributed by atoms with van der Waals surface area (Å²) in [6, 6.07) is 1.83. The van der Waals surface area contributed by atoms with Gasteiger partial charge in [-0.25, -0.2) is 9.59 Å². The van der Waals surface area contributed by atoms with Gasteiger partial charge < -0.3 is 23.7 Å². The van der Waals surface area contributed by atoms with E-state index in [4.69, 9.17) is 18.6 Å². The molecule has 1 aromatic heterocycles. The number of cyclic esters (lactones) is 2. The molecule has 0 aliphatic carbocycles. The zero-order valence-corrected chi connectivity index (χ0v) is 19.7. The predicted octanol–water partition coefficient (Wildman–Crippen LogP) is 5.45. The maximum atomic E-state index is 12.0. The Labute approximate surface area is 194 Å². The fourth-order valence-electron chi connectivity index (χ4n) is 4.07. The summed E-state index contributed by atoms with van der Waals surface area (Å²) in [6.07, 6.45) is 13.4. The molecule has 7 nitrogen and oxygen atoms in total. The maximum Gasteiger partial charge on any atom is 0.343 e. The van der Waals surface area contributed by atoms with Crippen molar-refractivity contribution in [2.45, 2.75) is 65.1 Å². The van der Waals surface area contributed by atoms with Crippen LogP contribution in [0.1, 0.15) is 58.4 Å². The molecule has 2 aliphatic rings. The van der Waals surface area contributed by atoms with Gasteiger partial charge in [-0.1, -0.05) is 18.6 Å². The molecule has 33 heavy (non-hydrogen) atoms. The Morgan fingerprint density at radius 2 is 2.12 bits per heavy atom. The largest absolute Gasteiger partial charge is 0.504 e. The minimum Gasteiger partial charge on any atom is -0.504 e. The Kier molecular flexibility index (Phi) is 7.97. The van der Waals surface area contributed by atoms with Crippen molar-refractivity contribution < 1.29 is 33.3 Å². The number of hydrogen-bond donors (Lipinski definition) is 1. The SMILES string of the molecule is CO[C@@]1(Cc2ccoc2)OC(=O)C=C1CC/C=C(\C)CCC[C@H](C)/C=C1\OC(=O)C(C)=C1O. The fourth-order valence-corrected chi connectivity index (χ4v) is 4.07. The maximum absolute atomic E-state index is 12.0. The summed E-state index contributed by atoms with van der Waals surface area (Å²) in [7, 11) is 1.55. The number of furan rings is 1. The third kappa shape index (κ3) is 6.05. The van der Waals surface area contributed by atoms with Gasteiger partial charge in [0.1, 0.15) is 0 Å². The second-order valence-electron chi connectivity index (χ2n) is 8.71. The van der Waals surface area contributed by atoms with Crippen molar-refractivity contribution in [2.75, 3.05) is 7.11 Å². The fraction of sp³-hybridized carbons (Fsp3) is 0.462. The molecule has 0 saturated heterocycles. The normalized spacial score (nSPS) is 23.2. The van der Waals surface area contributed by atoms with Crippen molar-refractivity contribution in [3.05, 3.63) is 70.6 Å². The minimum atomic E-state index is -1.08. The molecule has 0 amide bonds. The molecule has 3 heterocycles. The van der Waals surface area contributed by atoms with E-state index in [2.05, 4.69) is 13.0 Å². The van der Waals surface area contributed by atoms with E-state index in [0.717, 1.165) is 36.8 Å². The molecule has 2 aliphatic heterocycles. The number of esters is 2. The molecule has 2 atom stereocenters. The summed E-state index contributed by atoms with van der Waals surface area (Å²) < 4.78 is 21.4. The van der Waals surface area contributed by atoms with Gasteiger partial charge in [0, 0.05) is 25.2 Å². The number of methoxy groups -OCH3 is 1. The topological polar surface area (TPSA) is 95.2 Å². The zero-order chi connectivity index (χ0) is 24.0. The quantitative estimate of drug-likeness (QED) is 0.349. The van der Waals surface area contributed by atoms with Crippen molar-refractivity contribution in [3.63, 3.8) is 0 Å². The van der Waals surface area contributed by atoms with Crippen LogP contribution in [-0.2, 0) is 30.2 Å². The lowest BCUT2D eigenvalue weighted by atomic mass is 9.95. The highest BCUT2D eigenvalue weighted by Crippen LogP contribution is 2.36. The molecule has 1 aromatic rings. The molecule has 0 bridgehead atoms. The number of aliphatic hydroxyl groups is 1. The highest BCUT2D eigenvalue weighted by Gasteiger charge is 2.43. The molecule has 3 rings (SSSR count). The van der Waals surface area contributed by atoms with Crippen LogP contribution in [-0.4, -0.2) is 29.9 Å². The Hall–Kier alpha value is -3.06. The van der Waals surface area contributed by atoms with E-state index in [1.165, 1.54) is 11.6 Å². The van der Waals surface area contributed by atoms with Crippen LogP contribution in [0.4, 0.5) is 0 Å². The second-order valence-corrected chi connectivity index (χ2v) is 8.71. The van der Waals surface area contributed by atoms with Crippen molar-refractivity contribution >= 4 is 11.9 Å². The van der Waals surface area contributed by atoms with Crippen LogP contribution in [0.5, 0.6) is 0 Å². The van der Waals surface area contributed by atoms with Gasteiger partial charge in [-0.2, -0.15) is 0 Å². The Bertz CT molecular complexity index is 994. The van der Waals surface area contributed by atoms with Gasteiger partial charge in [-0.15, -0.1) is 0 Å². The Morgan fingerprint density at radius 1 is 1.33 bits per heavy atom. The number of rotatable bonds is 11. The number of ether oxygens (including phenoxy) is 3. The molecule has 0 spiro atoms. The van der Waals surface area contributed by atoms with E-state index in [1.54, 1.807) is 32.6 Å². The van der Waals surface area contributed by atoms with Gasteiger partial charge >= 0.3 is 11.9 Å².